The van der Waals surface area contributed by atoms with Crippen LogP contribution in [0.4, 0.5) is 0 Å². The molecule has 3 heterocycles. The standard InChI is InChI=1S/C23H30N2O.2C10H7NO2.Al/c26-22-11-10-20(21-7-5-13-25-23(21)22)16-24-12-4-2-1-3-6-18-14-17-8-9-19(18)15-17;2*12-6-7-3-4-9(13)10-8(7)2-1-5-11-10;/h5,7-11,13,17-19,24,26H,1-4,6,12,14-16H2;2*1-6,13H;/q;;;+3/p-3. The van der Waals surface area contributed by atoms with E-state index in [0.717, 1.165) is 60.8 Å². The van der Waals surface area contributed by atoms with Gasteiger partial charge >= 0.3 is 15.1 Å². The summed E-state index contributed by atoms with van der Waals surface area (Å²) >= 11 is -3.17. The van der Waals surface area contributed by atoms with E-state index in [1.165, 1.54) is 38.5 Å². The Balaban J connectivity index is 0.988. The molecule has 266 valence electrons. The van der Waals surface area contributed by atoms with Gasteiger partial charge in [-0.15, -0.1) is 0 Å². The molecule has 0 spiro atoms. The van der Waals surface area contributed by atoms with E-state index in [4.69, 9.17) is 16.3 Å². The van der Waals surface area contributed by atoms with Gasteiger partial charge in [0.05, 0.1) is 0 Å². The number of carbonyl (C=O) groups is 2. The molecule has 2 aliphatic rings. The molecule has 3 aromatic carbocycles. The molecule has 1 saturated carbocycles. The number of aldehydes is 2. The topological polar surface area (TPSA) is 113 Å². The van der Waals surface area contributed by atoms with Gasteiger partial charge in [-0.3, -0.25) is 24.5 Å². The van der Waals surface area contributed by atoms with Crippen molar-refractivity contribution >= 4 is 60.4 Å². The van der Waals surface area contributed by atoms with Crippen LogP contribution in [0, 0.1) is 17.8 Å². The van der Waals surface area contributed by atoms with E-state index in [0.29, 0.717) is 55.7 Å². The van der Waals surface area contributed by atoms with Crippen LogP contribution in [0.25, 0.3) is 32.7 Å². The molecule has 9 nitrogen and oxygen atoms in total. The molecule has 1 N–H and O–H groups in total. The molecule has 0 saturated heterocycles. The van der Waals surface area contributed by atoms with E-state index in [-0.39, 0.29) is 0 Å². The predicted octanol–water partition coefficient (Wildman–Crippen LogP) is 8.73. The third-order valence-electron chi connectivity index (χ3n) is 10.7. The molecular formula is C43H41AlN4O5. The van der Waals surface area contributed by atoms with E-state index in [2.05, 4.69) is 39.6 Å². The average Bonchev–Trinajstić information content (AvgIpc) is 3.84. The summed E-state index contributed by atoms with van der Waals surface area (Å²) in [6, 6.07) is 22.0. The van der Waals surface area contributed by atoms with Crippen molar-refractivity contribution in [3.8, 4) is 17.2 Å². The van der Waals surface area contributed by atoms with E-state index in [1.807, 2.05) is 24.3 Å². The highest BCUT2D eigenvalue weighted by Gasteiger charge is 2.46. The van der Waals surface area contributed by atoms with Crippen molar-refractivity contribution < 1.29 is 21.0 Å². The second kappa shape index (κ2) is 16.3. The van der Waals surface area contributed by atoms with Crippen molar-refractivity contribution in [2.24, 2.45) is 17.8 Å². The molecule has 3 aromatic heterocycles. The molecule has 3 unspecified atom stereocenters. The number of nitrogens with zero attached hydrogens (tertiary/aromatic N) is 3. The first-order valence-electron chi connectivity index (χ1n) is 18.6. The summed E-state index contributed by atoms with van der Waals surface area (Å²) in [6.07, 6.45) is 20.8. The van der Waals surface area contributed by atoms with Crippen molar-refractivity contribution in [3.05, 3.63) is 120 Å². The second-order valence-corrected chi connectivity index (χ2v) is 15.3. The average molecular weight is 721 g/mol. The number of fused-ring (bicyclic) bond motifs is 5. The lowest BCUT2D eigenvalue weighted by molar-refractivity contribution is 0.111. The zero-order valence-corrected chi connectivity index (χ0v) is 30.7. The normalized spacial score (nSPS) is 17.4. The lowest BCUT2D eigenvalue weighted by Gasteiger charge is -2.20. The van der Waals surface area contributed by atoms with Crippen LogP contribution in [0.5, 0.6) is 17.2 Å². The molecule has 2 aliphatic carbocycles. The highest BCUT2D eigenvalue weighted by Crippen LogP contribution is 2.45. The minimum absolute atomic E-state index is 0.422. The zero-order chi connectivity index (χ0) is 36.0. The molecule has 3 atom stereocenters. The summed E-state index contributed by atoms with van der Waals surface area (Å²) in [5, 5.41) is 5.95. The van der Waals surface area contributed by atoms with Gasteiger partial charge in [0.2, 0.25) is 0 Å². The van der Waals surface area contributed by atoms with Crippen LogP contribution in [0.3, 0.4) is 0 Å². The van der Waals surface area contributed by atoms with Gasteiger partial charge in [0.15, 0.2) is 12.6 Å². The Labute approximate surface area is 313 Å². The number of aromatic nitrogens is 3. The maximum atomic E-state index is 11.8. The van der Waals surface area contributed by atoms with Gasteiger partial charge in [0, 0.05) is 52.4 Å². The van der Waals surface area contributed by atoms with Crippen LogP contribution in [0.2, 0.25) is 0 Å². The summed E-state index contributed by atoms with van der Waals surface area (Å²) in [4.78, 5) is 37.4. The molecule has 10 heteroatoms. The molecule has 0 aliphatic heterocycles. The fourth-order valence-electron chi connectivity index (χ4n) is 8.03. The largest absolute Gasteiger partial charge is 1.20 e. The first-order valence-corrected chi connectivity index (χ1v) is 20.0. The zero-order valence-electron chi connectivity index (χ0n) is 29.5. The minimum Gasteiger partial charge on any atom is -0.576 e. The Morgan fingerprint density at radius 2 is 1.21 bits per heavy atom. The van der Waals surface area contributed by atoms with Crippen molar-refractivity contribution in [1.29, 1.82) is 0 Å². The fourth-order valence-corrected chi connectivity index (χ4v) is 9.37. The second-order valence-electron chi connectivity index (χ2n) is 14.0. The summed E-state index contributed by atoms with van der Waals surface area (Å²) in [7, 11) is 0. The van der Waals surface area contributed by atoms with E-state index in [9.17, 15) is 9.59 Å². The lowest BCUT2D eigenvalue weighted by atomic mass is 9.88. The van der Waals surface area contributed by atoms with Crippen LogP contribution in [-0.4, -0.2) is 49.2 Å². The molecule has 6 aromatic rings. The fraction of sp³-hybridized carbons (Fsp3) is 0.279. The van der Waals surface area contributed by atoms with Crippen LogP contribution in [0.1, 0.15) is 71.2 Å². The smallest absolute Gasteiger partial charge is 0.576 e. The molecule has 0 amide bonds. The highest BCUT2D eigenvalue weighted by atomic mass is 27.3. The van der Waals surface area contributed by atoms with Crippen LogP contribution < -0.4 is 16.7 Å². The van der Waals surface area contributed by atoms with Crippen LogP contribution in [-0.2, 0) is 6.54 Å². The highest BCUT2D eigenvalue weighted by molar-refractivity contribution is 6.40. The van der Waals surface area contributed by atoms with Gasteiger partial charge in [0.1, 0.15) is 33.8 Å². The molecule has 2 bridgehead atoms. The van der Waals surface area contributed by atoms with Crippen molar-refractivity contribution in [2.75, 3.05) is 6.54 Å². The minimum atomic E-state index is -3.17. The number of benzene rings is 3. The maximum Gasteiger partial charge on any atom is 1.20 e. The molecule has 53 heavy (non-hydrogen) atoms. The lowest BCUT2D eigenvalue weighted by Crippen LogP contribution is -2.37. The quantitative estimate of drug-likeness (QED) is 0.0428. The van der Waals surface area contributed by atoms with E-state index >= 15 is 0 Å². The van der Waals surface area contributed by atoms with E-state index < -0.39 is 15.1 Å². The number of hydrogen-bond acceptors (Lipinski definition) is 9. The van der Waals surface area contributed by atoms with Gasteiger partial charge in [0.25, 0.3) is 0 Å². The Morgan fingerprint density at radius 1 is 0.642 bits per heavy atom. The van der Waals surface area contributed by atoms with Crippen LogP contribution >= 0.6 is 0 Å². The Hall–Kier alpha value is -5.14. The van der Waals surface area contributed by atoms with Gasteiger partial charge in [-0.2, -0.15) is 0 Å². The molecule has 8 rings (SSSR count). The van der Waals surface area contributed by atoms with Gasteiger partial charge in [-0.1, -0.05) is 55.7 Å². The number of unbranched alkanes of at least 4 members (excludes halogenated alkanes) is 3. The Morgan fingerprint density at radius 3 is 1.77 bits per heavy atom. The molecular weight excluding hydrogens is 679 g/mol. The Kier molecular flexibility index (Phi) is 10.7. The van der Waals surface area contributed by atoms with Crippen LogP contribution in [0.15, 0.2) is 104 Å². The number of rotatable bonds is 17. The van der Waals surface area contributed by atoms with Gasteiger partial charge in [-0.05, 0) is 104 Å². The molecule has 0 radical (unpaired) electrons. The Bertz CT molecular complexity index is 2200. The maximum absolute atomic E-state index is 11.8. The summed E-state index contributed by atoms with van der Waals surface area (Å²) in [5.41, 5.74) is 3.87. The van der Waals surface area contributed by atoms with Crippen molar-refractivity contribution in [2.45, 2.75) is 51.5 Å². The predicted molar refractivity (Wildman–Crippen MR) is 207 cm³/mol. The third-order valence-corrected chi connectivity index (χ3v) is 12.0. The summed E-state index contributed by atoms with van der Waals surface area (Å²) in [6.45, 7) is 1.68. The number of nitrogens with one attached hydrogen (secondary N) is 1. The SMILES string of the molecule is O=Cc1ccc([O][Al]([O]c2ccc(C=O)c3cccnc23)[O]c2ccc(CNCCCCCCC3CC4C=CC3C4)c3cccnc23)c2ncccc12. The monoisotopic (exact) mass is 720 g/mol. The number of hydrogen-bond donors (Lipinski definition) is 1. The summed E-state index contributed by atoms with van der Waals surface area (Å²) in [5.74, 6) is 4.01. The van der Waals surface area contributed by atoms with E-state index in [1.54, 1.807) is 55.0 Å². The number of pyridine rings is 3. The molecule has 1 fully saturated rings. The van der Waals surface area contributed by atoms with Crippen molar-refractivity contribution in [1.82, 2.24) is 20.3 Å². The first-order chi connectivity index (χ1) is 26.2. The number of allylic oxidation sites excluding steroid dienone is 2. The third kappa shape index (κ3) is 7.67. The van der Waals surface area contributed by atoms with Crippen molar-refractivity contribution in [3.63, 3.8) is 0 Å². The summed E-state index contributed by atoms with van der Waals surface area (Å²) < 4.78 is 19.8. The van der Waals surface area contributed by atoms with Gasteiger partial charge < -0.3 is 16.7 Å². The van der Waals surface area contributed by atoms with Gasteiger partial charge in [-0.25, -0.2) is 0 Å². The first kappa shape index (κ1) is 34.9. The number of carbonyl (C=O) groups excluding carboxylic acids is 2.